The summed E-state index contributed by atoms with van der Waals surface area (Å²) < 4.78 is 0. The number of nitrogens with zero attached hydrogens (tertiary/aromatic N) is 2. The number of hydrogen-bond donors (Lipinski definition) is 5. The lowest BCUT2D eigenvalue weighted by atomic mass is 10.1. The average molecular weight is 524 g/mol. The predicted octanol–water partition coefficient (Wildman–Crippen LogP) is 1.28. The van der Waals surface area contributed by atoms with E-state index in [4.69, 9.17) is 5.21 Å². The molecular weight excluding hydrogens is 486 g/mol. The number of carbonyl (C=O) groups excluding carboxylic acids is 3. The molecule has 0 aromatic heterocycles. The summed E-state index contributed by atoms with van der Waals surface area (Å²) in [5.74, 6) is 4.53. The van der Waals surface area contributed by atoms with Gasteiger partial charge in [-0.25, -0.2) is 5.48 Å². The van der Waals surface area contributed by atoms with Gasteiger partial charge in [0.15, 0.2) is 0 Å². The zero-order valence-electron chi connectivity index (χ0n) is 21.2. The summed E-state index contributed by atoms with van der Waals surface area (Å²) >= 11 is 0. The zero-order chi connectivity index (χ0) is 26.9. The Balaban J connectivity index is 0.00000507. The van der Waals surface area contributed by atoms with Crippen LogP contribution >= 0.6 is 0 Å². The highest BCUT2D eigenvalue weighted by atomic mass is 16.5. The van der Waals surface area contributed by atoms with Crippen LogP contribution in [0.5, 0.6) is 0 Å². The molecule has 10 nitrogen and oxygen atoms in total. The highest BCUT2D eigenvalue weighted by Crippen LogP contribution is 2.14. The lowest BCUT2D eigenvalue weighted by Crippen LogP contribution is -2.51. The molecule has 0 spiro atoms. The molecule has 0 saturated carbocycles. The molecule has 3 atom stereocenters. The second kappa shape index (κ2) is 14.3. The van der Waals surface area contributed by atoms with Crippen LogP contribution in [0.25, 0.3) is 0 Å². The lowest BCUT2D eigenvalue weighted by Gasteiger charge is -2.20. The molecule has 1 heterocycles. The van der Waals surface area contributed by atoms with Gasteiger partial charge in [-0.1, -0.05) is 19.3 Å². The number of aliphatic hydroxyl groups is 1. The van der Waals surface area contributed by atoms with Crippen LogP contribution in [0.3, 0.4) is 0 Å². The van der Waals surface area contributed by atoms with E-state index in [1.54, 1.807) is 24.3 Å². The Bertz CT molecular complexity index is 1150. The van der Waals surface area contributed by atoms with Crippen LogP contribution in [-0.2, 0) is 9.59 Å². The molecule has 1 fully saturated rings. The normalized spacial score (nSPS) is 16.4. The third-order valence-electron chi connectivity index (χ3n) is 6.17. The second-order valence-electron chi connectivity index (χ2n) is 9.26. The minimum atomic E-state index is -1.29. The molecule has 2 aromatic carbocycles. The molecule has 204 valence electrons. The summed E-state index contributed by atoms with van der Waals surface area (Å²) in [4.78, 5) is 40.7. The largest absolute Gasteiger partial charge is 0.391 e. The Hall–Kier alpha value is -3.75. The molecule has 10 heteroatoms. The maximum Gasteiger partial charge on any atom is 0.268 e. The molecule has 0 aliphatic carbocycles. The Morgan fingerprint density at radius 3 is 2.13 bits per heavy atom. The van der Waals surface area contributed by atoms with E-state index in [1.165, 1.54) is 12.4 Å². The second-order valence-corrected chi connectivity index (χ2v) is 9.26. The van der Waals surface area contributed by atoms with Gasteiger partial charge in [-0.2, -0.15) is 0 Å². The summed E-state index contributed by atoms with van der Waals surface area (Å²) in [6, 6.07) is 12.9. The van der Waals surface area contributed by atoms with E-state index in [9.17, 15) is 19.5 Å². The van der Waals surface area contributed by atoms with Crippen molar-refractivity contribution >= 4 is 23.4 Å². The fourth-order valence-electron chi connectivity index (χ4n) is 3.97. The van der Waals surface area contributed by atoms with E-state index in [1.807, 2.05) is 24.3 Å². The van der Waals surface area contributed by atoms with Gasteiger partial charge in [0.25, 0.3) is 11.8 Å². The van der Waals surface area contributed by atoms with Crippen LogP contribution in [0.4, 0.5) is 5.69 Å². The zero-order valence-corrected chi connectivity index (χ0v) is 21.2. The third kappa shape index (κ3) is 8.68. The molecule has 0 radical (unpaired) electrons. The number of carbonyl (C=O) groups is 3. The minimum absolute atomic E-state index is 0. The topological polar surface area (TPSA) is 134 Å². The quantitative estimate of drug-likeness (QED) is 0.200. The summed E-state index contributed by atoms with van der Waals surface area (Å²) in [5.41, 5.74) is 3.84. The summed E-state index contributed by atoms with van der Waals surface area (Å²) in [7, 11) is 4.12. The molecule has 38 heavy (non-hydrogen) atoms. The molecule has 1 aliphatic heterocycles. The maximum absolute atomic E-state index is 12.4. The van der Waals surface area contributed by atoms with Crippen LogP contribution in [-0.4, -0.2) is 89.8 Å². The molecule has 5 N–H and O–H groups in total. The molecule has 3 amide bonds. The van der Waals surface area contributed by atoms with Gasteiger partial charge in [0.05, 0.1) is 12.6 Å². The highest BCUT2D eigenvalue weighted by molar-refractivity contribution is 5.97. The van der Waals surface area contributed by atoms with Crippen molar-refractivity contribution in [3.8, 4) is 11.8 Å². The third-order valence-corrected chi connectivity index (χ3v) is 6.17. The Morgan fingerprint density at radius 1 is 1.05 bits per heavy atom. The van der Waals surface area contributed by atoms with Crippen LogP contribution in [0.1, 0.15) is 42.3 Å². The van der Waals surface area contributed by atoms with Crippen molar-refractivity contribution in [2.24, 2.45) is 0 Å². The summed E-state index contributed by atoms with van der Waals surface area (Å²) in [6.45, 7) is 3.51. The van der Waals surface area contributed by atoms with Crippen LogP contribution < -0.4 is 16.1 Å². The summed E-state index contributed by atoms with van der Waals surface area (Å²) in [6.07, 6.45) is -0.127. The minimum Gasteiger partial charge on any atom is -0.391 e. The summed E-state index contributed by atoms with van der Waals surface area (Å²) in [5, 5.41) is 23.7. The van der Waals surface area contributed by atoms with Gasteiger partial charge in [0, 0.05) is 41.5 Å². The number of anilines is 1. The van der Waals surface area contributed by atoms with Crippen molar-refractivity contribution in [3.63, 3.8) is 0 Å². The number of hydrogen-bond acceptors (Lipinski definition) is 7. The molecular formula is C28H37N5O5. The number of rotatable bonds is 8. The van der Waals surface area contributed by atoms with E-state index in [0.717, 1.165) is 25.1 Å². The number of amides is 3. The first-order chi connectivity index (χ1) is 17.7. The fraction of sp³-hybridized carbons (Fsp3) is 0.393. The van der Waals surface area contributed by atoms with Crippen LogP contribution in [0.2, 0.25) is 0 Å². The number of likely N-dealkylation sites (N-methyl/N-ethyl adjacent to an activating group) is 1. The Labute approximate surface area is 224 Å². The Kier molecular flexibility index (Phi) is 11.4. The number of aliphatic hydroxyl groups excluding tert-OH is 1. The highest BCUT2D eigenvalue weighted by Gasteiger charge is 2.26. The van der Waals surface area contributed by atoms with Crippen molar-refractivity contribution in [3.05, 3.63) is 65.2 Å². The predicted molar refractivity (Wildman–Crippen MR) is 146 cm³/mol. The van der Waals surface area contributed by atoms with Crippen molar-refractivity contribution in [2.45, 2.75) is 39.0 Å². The molecule has 1 aliphatic rings. The number of nitrogens with one attached hydrogen (secondary N) is 3. The van der Waals surface area contributed by atoms with E-state index >= 15 is 0 Å². The molecule has 1 saturated heterocycles. The van der Waals surface area contributed by atoms with Gasteiger partial charge < -0.3 is 20.6 Å². The first-order valence-corrected chi connectivity index (χ1v) is 12.0. The maximum atomic E-state index is 12.4. The number of benzene rings is 2. The van der Waals surface area contributed by atoms with Crippen molar-refractivity contribution < 1.29 is 24.7 Å². The van der Waals surface area contributed by atoms with Gasteiger partial charge in [-0.3, -0.25) is 24.5 Å². The molecule has 2 aromatic rings. The van der Waals surface area contributed by atoms with Crippen LogP contribution in [0, 0.1) is 11.8 Å². The smallest absolute Gasteiger partial charge is 0.268 e. The van der Waals surface area contributed by atoms with E-state index in [2.05, 4.69) is 46.4 Å². The number of hydroxylamine groups is 1. The van der Waals surface area contributed by atoms with Crippen LogP contribution in [0.15, 0.2) is 48.5 Å². The molecule has 0 unspecified atom stereocenters. The first-order valence-electron chi connectivity index (χ1n) is 12.0. The average Bonchev–Trinajstić information content (AvgIpc) is 3.35. The first kappa shape index (κ1) is 30.5. The van der Waals surface area contributed by atoms with Gasteiger partial charge >= 0.3 is 0 Å². The van der Waals surface area contributed by atoms with E-state index in [0.29, 0.717) is 23.8 Å². The Morgan fingerprint density at radius 2 is 1.63 bits per heavy atom. The fourth-order valence-corrected chi connectivity index (χ4v) is 3.97. The molecule has 0 bridgehead atoms. The number of likely N-dealkylation sites (tertiary alicyclic amines) is 1. The van der Waals surface area contributed by atoms with Crippen molar-refractivity contribution in [2.75, 3.05) is 39.0 Å². The van der Waals surface area contributed by atoms with Gasteiger partial charge in [0.1, 0.15) is 6.04 Å². The standard InChI is InChI=1S/C27H33N5O5.CH4/c1-18(33)25(27(36)30-37)29-26(35)21-10-6-19(7-11-21)4-5-20-8-12-22(13-9-20)28-24(34)17-32-15-14-23(16-32)31(2)3;/h6-13,18,23,25,33,37H,14-17H2,1-3H3,(H,28,34)(H,29,35)(H,30,36);1H4/t18-,23-,25+;/m1./s1. The van der Waals surface area contributed by atoms with Gasteiger partial charge in [-0.05, 0) is 76.0 Å². The molecule has 3 rings (SSSR count). The van der Waals surface area contributed by atoms with Crippen molar-refractivity contribution in [1.29, 1.82) is 0 Å². The lowest BCUT2D eigenvalue weighted by molar-refractivity contribution is -0.133. The monoisotopic (exact) mass is 523 g/mol. The van der Waals surface area contributed by atoms with Gasteiger partial charge in [-0.15, -0.1) is 0 Å². The van der Waals surface area contributed by atoms with E-state index < -0.39 is 24.0 Å². The van der Waals surface area contributed by atoms with E-state index in [-0.39, 0.29) is 18.9 Å². The van der Waals surface area contributed by atoms with Gasteiger partial charge in [0.2, 0.25) is 5.91 Å². The SMILES string of the molecule is C.C[C@@H](O)[C@H](NC(=O)c1ccc(C#Cc2ccc(NC(=O)CN3CC[C@@H](N(C)C)C3)cc2)cc1)C(=O)NO. The van der Waals surface area contributed by atoms with Crippen molar-refractivity contribution in [1.82, 2.24) is 20.6 Å².